The van der Waals surface area contributed by atoms with Gasteiger partial charge < -0.3 is 9.73 Å². The predicted molar refractivity (Wildman–Crippen MR) is 78.2 cm³/mol. The van der Waals surface area contributed by atoms with Gasteiger partial charge in [-0.25, -0.2) is 4.98 Å². The van der Waals surface area contributed by atoms with E-state index in [9.17, 15) is 10.1 Å². The van der Waals surface area contributed by atoms with Gasteiger partial charge in [0.2, 0.25) is 0 Å². The number of hydrogen-bond donors (Lipinski definition) is 1. The highest BCUT2D eigenvalue weighted by Crippen LogP contribution is 2.29. The molecular formula is C13H15N3O3S. The van der Waals surface area contributed by atoms with Crippen molar-refractivity contribution in [2.24, 2.45) is 0 Å². The second kappa shape index (κ2) is 5.96. The molecule has 0 spiro atoms. The molecule has 1 aromatic carbocycles. The summed E-state index contributed by atoms with van der Waals surface area (Å²) in [4.78, 5) is 14.7. The van der Waals surface area contributed by atoms with Crippen molar-refractivity contribution in [3.8, 4) is 0 Å². The van der Waals surface area contributed by atoms with E-state index in [1.807, 2.05) is 13.8 Å². The molecule has 1 aromatic heterocycles. The number of thioether (sulfide) groups is 1. The van der Waals surface area contributed by atoms with E-state index in [-0.39, 0.29) is 5.69 Å². The van der Waals surface area contributed by atoms with Gasteiger partial charge in [-0.3, -0.25) is 10.1 Å². The molecule has 0 saturated heterocycles. The van der Waals surface area contributed by atoms with E-state index in [0.717, 1.165) is 17.0 Å². The maximum atomic E-state index is 10.8. The lowest BCUT2D eigenvalue weighted by atomic mass is 10.2. The molecule has 1 heterocycles. The summed E-state index contributed by atoms with van der Waals surface area (Å²) < 4.78 is 5.48. The monoisotopic (exact) mass is 293 g/mol. The molecule has 0 radical (unpaired) electrons. The number of nitrogens with zero attached hydrogens (tertiary/aromatic N) is 2. The molecule has 106 valence electrons. The fourth-order valence-corrected chi connectivity index (χ4v) is 2.54. The molecule has 0 unspecified atom stereocenters. The molecule has 0 bridgehead atoms. The van der Waals surface area contributed by atoms with Crippen LogP contribution in [0.25, 0.3) is 0 Å². The minimum Gasteiger partial charge on any atom is -0.437 e. The molecular weight excluding hydrogens is 278 g/mol. The van der Waals surface area contributed by atoms with Crippen molar-refractivity contribution in [2.75, 3.05) is 12.4 Å². The Hall–Kier alpha value is -2.02. The molecule has 0 aliphatic heterocycles. The quantitative estimate of drug-likeness (QED) is 0.516. The number of hydrogen-bond acceptors (Lipinski definition) is 6. The second-order valence-corrected chi connectivity index (χ2v) is 5.20. The minimum absolute atomic E-state index is 0.0732. The Morgan fingerprint density at radius 1 is 1.45 bits per heavy atom. The Labute approximate surface area is 120 Å². The van der Waals surface area contributed by atoms with Gasteiger partial charge in [-0.2, -0.15) is 0 Å². The Morgan fingerprint density at radius 2 is 2.20 bits per heavy atom. The molecule has 0 aliphatic rings. The molecule has 2 rings (SSSR count). The number of aromatic nitrogens is 1. The van der Waals surface area contributed by atoms with Crippen LogP contribution in [-0.4, -0.2) is 17.0 Å². The van der Waals surface area contributed by atoms with Crippen LogP contribution in [-0.2, 0) is 5.75 Å². The van der Waals surface area contributed by atoms with Crippen molar-refractivity contribution in [1.82, 2.24) is 4.98 Å². The lowest BCUT2D eigenvalue weighted by molar-refractivity contribution is -0.383. The fraction of sp³-hybridized carbons (Fsp3) is 0.308. The van der Waals surface area contributed by atoms with Crippen molar-refractivity contribution in [3.05, 3.63) is 45.3 Å². The van der Waals surface area contributed by atoms with Crippen LogP contribution in [0.2, 0.25) is 0 Å². The first-order chi connectivity index (χ1) is 9.51. The van der Waals surface area contributed by atoms with Crippen LogP contribution in [0.4, 0.5) is 11.4 Å². The lowest BCUT2D eigenvalue weighted by Gasteiger charge is -2.04. The molecule has 6 nitrogen and oxygen atoms in total. The van der Waals surface area contributed by atoms with E-state index >= 15 is 0 Å². The van der Waals surface area contributed by atoms with Crippen molar-refractivity contribution < 1.29 is 9.34 Å². The topological polar surface area (TPSA) is 81.2 Å². The zero-order valence-corrected chi connectivity index (χ0v) is 12.3. The van der Waals surface area contributed by atoms with Crippen molar-refractivity contribution in [2.45, 2.75) is 24.8 Å². The number of rotatable bonds is 5. The average Bonchev–Trinajstić information content (AvgIpc) is 2.75. The first kappa shape index (κ1) is 14.4. The molecule has 2 aromatic rings. The van der Waals surface area contributed by atoms with Crippen molar-refractivity contribution in [1.29, 1.82) is 0 Å². The van der Waals surface area contributed by atoms with Crippen LogP contribution < -0.4 is 5.32 Å². The van der Waals surface area contributed by atoms with Crippen LogP contribution in [0.15, 0.2) is 27.8 Å². The number of nitro benzene ring substituents is 1. The predicted octanol–water partition coefficient (Wildman–Crippen LogP) is 3.53. The van der Waals surface area contributed by atoms with Gasteiger partial charge in [0.05, 0.1) is 10.6 Å². The summed E-state index contributed by atoms with van der Waals surface area (Å²) in [5.41, 5.74) is 2.43. The van der Waals surface area contributed by atoms with E-state index in [1.54, 1.807) is 19.2 Å². The van der Waals surface area contributed by atoms with Crippen LogP contribution in [0, 0.1) is 24.0 Å². The van der Waals surface area contributed by atoms with E-state index in [2.05, 4.69) is 10.3 Å². The molecule has 0 aliphatic carbocycles. The normalized spacial score (nSPS) is 10.6. The zero-order chi connectivity index (χ0) is 14.7. The SMILES string of the molecule is CNc1cc(CSc2nc(C)c(C)o2)ccc1[N+](=O)[O-]. The highest BCUT2D eigenvalue weighted by Gasteiger charge is 2.13. The Bertz CT molecular complexity index is 620. The molecule has 20 heavy (non-hydrogen) atoms. The molecule has 0 atom stereocenters. The maximum absolute atomic E-state index is 10.8. The Morgan fingerprint density at radius 3 is 2.75 bits per heavy atom. The van der Waals surface area contributed by atoms with Gasteiger partial charge >= 0.3 is 0 Å². The van der Waals surface area contributed by atoms with Crippen LogP contribution in [0.1, 0.15) is 17.0 Å². The van der Waals surface area contributed by atoms with Crippen LogP contribution in [0.5, 0.6) is 0 Å². The average molecular weight is 293 g/mol. The lowest BCUT2D eigenvalue weighted by Crippen LogP contribution is -1.97. The third-order valence-corrected chi connectivity index (χ3v) is 3.80. The first-order valence-electron chi connectivity index (χ1n) is 6.03. The van der Waals surface area contributed by atoms with Gasteiger partial charge in [0.15, 0.2) is 0 Å². The summed E-state index contributed by atoms with van der Waals surface area (Å²) >= 11 is 1.47. The Kier molecular flexibility index (Phi) is 4.29. The number of anilines is 1. The van der Waals surface area contributed by atoms with Gasteiger partial charge in [0.25, 0.3) is 10.9 Å². The number of oxazole rings is 1. The van der Waals surface area contributed by atoms with Gasteiger partial charge in [-0.05, 0) is 25.5 Å². The van der Waals surface area contributed by atoms with Crippen LogP contribution >= 0.6 is 11.8 Å². The van der Waals surface area contributed by atoms with E-state index in [1.165, 1.54) is 17.8 Å². The number of nitrogens with one attached hydrogen (secondary N) is 1. The number of benzene rings is 1. The maximum Gasteiger partial charge on any atom is 0.292 e. The summed E-state index contributed by atoms with van der Waals surface area (Å²) in [5, 5.41) is 14.3. The fourth-order valence-electron chi connectivity index (χ4n) is 1.68. The first-order valence-corrected chi connectivity index (χ1v) is 7.01. The smallest absolute Gasteiger partial charge is 0.292 e. The zero-order valence-electron chi connectivity index (χ0n) is 11.5. The summed E-state index contributed by atoms with van der Waals surface area (Å²) in [6.07, 6.45) is 0. The highest BCUT2D eigenvalue weighted by molar-refractivity contribution is 7.98. The standard InChI is InChI=1S/C13H15N3O3S/c1-8-9(2)19-13(15-8)20-7-10-4-5-12(16(17)18)11(6-10)14-3/h4-6,14H,7H2,1-3H3. The largest absolute Gasteiger partial charge is 0.437 e. The van der Waals surface area contributed by atoms with Gasteiger partial charge in [-0.1, -0.05) is 17.8 Å². The van der Waals surface area contributed by atoms with Crippen molar-refractivity contribution >= 4 is 23.1 Å². The summed E-state index contributed by atoms with van der Waals surface area (Å²) in [7, 11) is 1.67. The van der Waals surface area contributed by atoms with E-state index in [4.69, 9.17) is 4.42 Å². The summed E-state index contributed by atoms with van der Waals surface area (Å²) in [6.45, 7) is 3.77. The molecule has 1 N–H and O–H groups in total. The number of nitro groups is 1. The highest BCUT2D eigenvalue weighted by atomic mass is 32.2. The van der Waals surface area contributed by atoms with Crippen LogP contribution in [0.3, 0.4) is 0 Å². The molecule has 0 saturated carbocycles. The number of aryl methyl sites for hydroxylation is 2. The van der Waals surface area contributed by atoms with Gasteiger partial charge in [0.1, 0.15) is 11.4 Å². The molecule has 0 amide bonds. The van der Waals surface area contributed by atoms with Crippen molar-refractivity contribution in [3.63, 3.8) is 0 Å². The second-order valence-electron chi connectivity index (χ2n) is 4.27. The van der Waals surface area contributed by atoms with E-state index < -0.39 is 4.92 Å². The van der Waals surface area contributed by atoms with E-state index in [0.29, 0.717) is 16.7 Å². The molecule has 7 heteroatoms. The van der Waals surface area contributed by atoms with Gasteiger partial charge in [-0.15, -0.1) is 0 Å². The third-order valence-electron chi connectivity index (χ3n) is 2.90. The van der Waals surface area contributed by atoms with Gasteiger partial charge in [0, 0.05) is 18.9 Å². The Balaban J connectivity index is 2.12. The minimum atomic E-state index is -0.399. The summed E-state index contributed by atoms with van der Waals surface area (Å²) in [6, 6.07) is 5.02. The molecule has 0 fully saturated rings. The summed E-state index contributed by atoms with van der Waals surface area (Å²) in [5.74, 6) is 1.46. The third kappa shape index (κ3) is 3.11.